The maximum Gasteiger partial charge on any atom is 0.269 e. The molecule has 4 nitrogen and oxygen atoms in total. The summed E-state index contributed by atoms with van der Waals surface area (Å²) in [7, 11) is 0. The lowest BCUT2D eigenvalue weighted by Crippen LogP contribution is -2.10. The molecular weight excluding hydrogens is 144 g/mol. The highest BCUT2D eigenvalue weighted by molar-refractivity contribution is 6.30. The van der Waals surface area contributed by atoms with Gasteiger partial charge in [0.15, 0.2) is 0 Å². The van der Waals surface area contributed by atoms with Crippen LogP contribution >= 0.6 is 11.6 Å². The van der Waals surface area contributed by atoms with Crippen LogP contribution in [0.25, 0.3) is 0 Å². The zero-order valence-corrected chi connectivity index (χ0v) is 4.97. The van der Waals surface area contributed by atoms with Crippen molar-refractivity contribution in [2.45, 2.75) is 0 Å². The van der Waals surface area contributed by atoms with Crippen LogP contribution in [-0.2, 0) is 0 Å². The Hall–Kier alpha value is -1.03. The maximum absolute atomic E-state index is 10.4. The molecule has 0 spiro atoms. The molecule has 0 aromatic carbocycles. The fourth-order valence-electron chi connectivity index (χ4n) is 0.363. The van der Waals surface area contributed by atoms with Gasteiger partial charge in [0.1, 0.15) is 5.02 Å². The van der Waals surface area contributed by atoms with E-state index in [1.165, 1.54) is 0 Å². The van der Waals surface area contributed by atoms with Crippen LogP contribution in [-0.4, -0.2) is 9.97 Å². The summed E-state index contributed by atoms with van der Waals surface area (Å²) in [5, 5.41) is 10.1. The molecule has 0 amide bonds. The summed E-state index contributed by atoms with van der Waals surface area (Å²) in [6, 6.07) is -0.676. The largest absolute Gasteiger partial charge is 0.846 e. The minimum Gasteiger partial charge on any atom is -0.846 e. The minimum atomic E-state index is -0.676. The van der Waals surface area contributed by atoms with Gasteiger partial charge in [-0.05, 0) is 0 Å². The van der Waals surface area contributed by atoms with Crippen molar-refractivity contribution in [3.05, 3.63) is 21.6 Å². The second kappa shape index (κ2) is 2.06. The zero-order valence-electron chi connectivity index (χ0n) is 4.22. The van der Waals surface area contributed by atoms with Gasteiger partial charge in [0.05, 0.1) is 12.2 Å². The van der Waals surface area contributed by atoms with Crippen LogP contribution in [0.3, 0.4) is 0 Å². The van der Waals surface area contributed by atoms with E-state index < -0.39 is 11.6 Å². The summed E-state index contributed by atoms with van der Waals surface area (Å²) in [4.78, 5) is 15.5. The van der Waals surface area contributed by atoms with Gasteiger partial charge in [0.25, 0.3) is 5.56 Å². The highest BCUT2D eigenvalue weighted by Gasteiger charge is 1.90. The summed E-state index contributed by atoms with van der Waals surface area (Å²) in [6.07, 6.45) is 1.02. The van der Waals surface area contributed by atoms with Crippen LogP contribution in [0.4, 0.5) is 0 Å². The molecule has 0 bridgehead atoms. The van der Waals surface area contributed by atoms with Crippen LogP contribution in [0.15, 0.2) is 11.0 Å². The minimum absolute atomic E-state index is 0.0744. The number of hydrogen-bond acceptors (Lipinski definition) is 3. The summed E-state index contributed by atoms with van der Waals surface area (Å²) < 4.78 is 0. The molecule has 0 saturated carbocycles. The van der Waals surface area contributed by atoms with Crippen molar-refractivity contribution in [2.24, 2.45) is 0 Å². The molecule has 0 aliphatic heterocycles. The number of rotatable bonds is 0. The molecule has 0 atom stereocenters. The molecule has 1 rings (SSSR count). The van der Waals surface area contributed by atoms with Gasteiger partial charge in [-0.3, -0.25) is 9.78 Å². The lowest BCUT2D eigenvalue weighted by Gasteiger charge is -1.99. The van der Waals surface area contributed by atoms with Crippen LogP contribution in [0.1, 0.15) is 0 Å². The zero-order chi connectivity index (χ0) is 6.85. The summed E-state index contributed by atoms with van der Waals surface area (Å²) in [6.45, 7) is 0. The Morgan fingerprint density at radius 1 is 1.78 bits per heavy atom. The van der Waals surface area contributed by atoms with Gasteiger partial charge in [-0.1, -0.05) is 11.6 Å². The maximum atomic E-state index is 10.4. The molecule has 1 heterocycles. The Morgan fingerprint density at radius 2 is 2.44 bits per heavy atom. The molecule has 0 radical (unpaired) electrons. The third-order valence-electron chi connectivity index (χ3n) is 0.733. The van der Waals surface area contributed by atoms with E-state index in [1.54, 1.807) is 0 Å². The molecule has 5 heteroatoms. The molecule has 48 valence electrons. The van der Waals surface area contributed by atoms with E-state index in [4.69, 9.17) is 11.6 Å². The van der Waals surface area contributed by atoms with Crippen LogP contribution < -0.4 is 10.7 Å². The average Bonchev–Trinajstić information content (AvgIpc) is 1.80. The van der Waals surface area contributed by atoms with Crippen molar-refractivity contribution >= 4 is 11.6 Å². The fraction of sp³-hybridized carbons (Fsp3) is 0. The van der Waals surface area contributed by atoms with Gasteiger partial charge < -0.3 is 10.1 Å². The lowest BCUT2D eigenvalue weighted by atomic mass is 10.7. The Kier molecular flexibility index (Phi) is 1.40. The molecule has 1 N–H and O–H groups in total. The Morgan fingerprint density at radius 3 is 2.89 bits per heavy atom. The molecule has 0 aliphatic carbocycles. The molecule has 1 aromatic rings. The number of nitrogens with zero attached hydrogens (tertiary/aromatic N) is 1. The van der Waals surface area contributed by atoms with Gasteiger partial charge in [-0.25, -0.2) is 0 Å². The second-order valence-corrected chi connectivity index (χ2v) is 1.77. The Balaban J connectivity index is 3.34. The third-order valence-corrected chi connectivity index (χ3v) is 1.00. The number of hydrogen-bond donors (Lipinski definition) is 1. The number of nitrogens with one attached hydrogen (secondary N) is 1. The van der Waals surface area contributed by atoms with Crippen molar-refractivity contribution in [3.63, 3.8) is 0 Å². The molecular formula is C4H2ClN2O2-. The molecule has 9 heavy (non-hydrogen) atoms. The first kappa shape index (κ1) is 6.10. The first-order valence-corrected chi connectivity index (χ1v) is 2.50. The first-order valence-electron chi connectivity index (χ1n) is 2.12. The van der Waals surface area contributed by atoms with E-state index >= 15 is 0 Å². The second-order valence-electron chi connectivity index (χ2n) is 1.37. The normalized spacial score (nSPS) is 9.44. The van der Waals surface area contributed by atoms with E-state index in [1.807, 2.05) is 4.98 Å². The standard InChI is InChI=1S/C4H3ClN2O2/c5-2-1-6-4(9)7-3(2)8/h1H,(H2,6,7,8,9)/p-1. The molecule has 0 unspecified atom stereocenters. The van der Waals surface area contributed by atoms with Crippen molar-refractivity contribution in [1.29, 1.82) is 0 Å². The summed E-state index contributed by atoms with van der Waals surface area (Å²) in [5.41, 5.74) is -0.600. The van der Waals surface area contributed by atoms with Gasteiger partial charge >= 0.3 is 0 Å². The monoisotopic (exact) mass is 145 g/mol. The smallest absolute Gasteiger partial charge is 0.269 e. The Bertz CT molecular complexity index is 270. The molecule has 0 saturated heterocycles. The number of aromatic amines is 1. The van der Waals surface area contributed by atoms with Crippen LogP contribution in [0, 0.1) is 0 Å². The Labute approximate surface area is 55.1 Å². The van der Waals surface area contributed by atoms with Crippen LogP contribution in [0.2, 0.25) is 5.02 Å². The van der Waals surface area contributed by atoms with Gasteiger partial charge in [-0.2, -0.15) is 0 Å². The molecule has 1 aromatic heterocycles. The predicted octanol–water partition coefficient (Wildman–Crippen LogP) is -0.503. The van der Waals surface area contributed by atoms with E-state index in [-0.39, 0.29) is 5.02 Å². The third kappa shape index (κ3) is 1.20. The lowest BCUT2D eigenvalue weighted by molar-refractivity contribution is -0.282. The van der Waals surface area contributed by atoms with Crippen LogP contribution in [0.5, 0.6) is 6.01 Å². The van der Waals surface area contributed by atoms with Gasteiger partial charge in [0.2, 0.25) is 0 Å². The van der Waals surface area contributed by atoms with Crippen molar-refractivity contribution < 1.29 is 5.11 Å². The molecule has 0 fully saturated rings. The SMILES string of the molecule is O=c1[nH]c([O-])ncc1Cl. The number of aromatic nitrogens is 2. The van der Waals surface area contributed by atoms with E-state index in [9.17, 15) is 9.90 Å². The van der Waals surface area contributed by atoms with Crippen molar-refractivity contribution in [2.75, 3.05) is 0 Å². The van der Waals surface area contributed by atoms with Gasteiger partial charge in [0, 0.05) is 0 Å². The van der Waals surface area contributed by atoms with Crippen molar-refractivity contribution in [3.8, 4) is 6.01 Å². The quantitative estimate of drug-likeness (QED) is 0.535. The number of halogens is 1. The van der Waals surface area contributed by atoms with Crippen molar-refractivity contribution in [1.82, 2.24) is 9.97 Å². The van der Waals surface area contributed by atoms with Gasteiger partial charge in [-0.15, -0.1) is 0 Å². The predicted molar refractivity (Wildman–Crippen MR) is 29.3 cm³/mol. The average molecular weight is 146 g/mol. The first-order chi connectivity index (χ1) is 4.20. The summed E-state index contributed by atoms with van der Waals surface area (Å²) >= 11 is 5.24. The topological polar surface area (TPSA) is 68.8 Å². The number of H-pyrrole nitrogens is 1. The molecule has 0 aliphatic rings. The van der Waals surface area contributed by atoms with E-state index in [2.05, 4.69) is 4.98 Å². The van der Waals surface area contributed by atoms with E-state index in [0.29, 0.717) is 0 Å². The highest BCUT2D eigenvalue weighted by atomic mass is 35.5. The summed E-state index contributed by atoms with van der Waals surface area (Å²) in [5.74, 6) is 0. The van der Waals surface area contributed by atoms with E-state index in [0.717, 1.165) is 6.20 Å². The fourth-order valence-corrected chi connectivity index (χ4v) is 0.459. The highest BCUT2D eigenvalue weighted by Crippen LogP contribution is 1.96.